The molecule has 1 atom stereocenters. The Hall–Kier alpha value is -2.35. The Morgan fingerprint density at radius 3 is 2.65 bits per heavy atom. The summed E-state index contributed by atoms with van der Waals surface area (Å²) in [4.78, 5) is 23.8. The number of alkyl carbamates (subject to hydrolysis) is 1. The van der Waals surface area contributed by atoms with Crippen LogP contribution in [0.25, 0.3) is 0 Å². The van der Waals surface area contributed by atoms with E-state index in [1.807, 2.05) is 26.8 Å². The van der Waals surface area contributed by atoms with Gasteiger partial charge in [-0.25, -0.2) is 9.78 Å². The summed E-state index contributed by atoms with van der Waals surface area (Å²) in [6, 6.07) is 8.34. The van der Waals surface area contributed by atoms with Crippen LogP contribution in [-0.4, -0.2) is 41.9 Å². The molecule has 2 aromatic rings. The molecular weight excluding hydrogens is 460 g/mol. The molecule has 1 aromatic heterocycles. The van der Waals surface area contributed by atoms with Gasteiger partial charge in [0.05, 0.1) is 23.8 Å². The highest BCUT2D eigenvalue weighted by atomic mass is 79.9. The van der Waals surface area contributed by atoms with Gasteiger partial charge >= 0.3 is 6.09 Å². The molecule has 0 saturated carbocycles. The molecule has 1 N–H and O–H groups in total. The number of piperidine rings is 1. The second-order valence-electron chi connectivity index (χ2n) is 9.33. The van der Waals surface area contributed by atoms with Crippen LogP contribution < -0.4 is 15.0 Å². The van der Waals surface area contributed by atoms with Gasteiger partial charge in [-0.3, -0.25) is 0 Å². The van der Waals surface area contributed by atoms with Crippen molar-refractivity contribution in [1.29, 1.82) is 0 Å². The number of carbonyl (C=O) groups is 1. The summed E-state index contributed by atoms with van der Waals surface area (Å²) in [6.45, 7) is 7.28. The van der Waals surface area contributed by atoms with Gasteiger partial charge in [-0.1, -0.05) is 24.3 Å². The van der Waals surface area contributed by atoms with Gasteiger partial charge in [0.25, 0.3) is 0 Å². The minimum atomic E-state index is -0.531. The fourth-order valence-electron chi connectivity index (χ4n) is 4.70. The maximum Gasteiger partial charge on any atom is 0.408 e. The van der Waals surface area contributed by atoms with Crippen molar-refractivity contribution in [3.63, 3.8) is 0 Å². The molecular formula is C23H29BrN4O3. The molecule has 0 radical (unpaired) electrons. The van der Waals surface area contributed by atoms with Crippen molar-refractivity contribution in [3.8, 4) is 5.88 Å². The monoisotopic (exact) mass is 488 g/mol. The summed E-state index contributed by atoms with van der Waals surface area (Å²) in [5, 5.41) is 3.20. The maximum absolute atomic E-state index is 12.7. The van der Waals surface area contributed by atoms with E-state index < -0.39 is 5.60 Å². The molecule has 1 aliphatic heterocycles. The molecule has 7 nitrogen and oxygen atoms in total. The van der Waals surface area contributed by atoms with Gasteiger partial charge in [0.15, 0.2) is 0 Å². The minimum absolute atomic E-state index is 0.0451. The Labute approximate surface area is 191 Å². The lowest BCUT2D eigenvalue weighted by Crippen LogP contribution is -2.48. The van der Waals surface area contributed by atoms with Crippen LogP contribution in [0, 0.1) is 5.41 Å². The minimum Gasteiger partial charge on any atom is -0.480 e. The highest BCUT2D eigenvalue weighted by Crippen LogP contribution is 2.52. The first-order chi connectivity index (χ1) is 14.7. The Morgan fingerprint density at radius 2 is 1.97 bits per heavy atom. The molecule has 2 heterocycles. The largest absolute Gasteiger partial charge is 0.480 e. The molecule has 0 bridgehead atoms. The number of halogens is 1. The Morgan fingerprint density at radius 1 is 1.26 bits per heavy atom. The molecule has 8 heteroatoms. The molecule has 1 saturated heterocycles. The fraction of sp³-hybridized carbons (Fsp3) is 0.522. The number of hydrogen-bond donors (Lipinski definition) is 1. The number of hydrogen-bond acceptors (Lipinski definition) is 6. The normalized spacial score (nSPS) is 19.8. The van der Waals surface area contributed by atoms with E-state index in [4.69, 9.17) is 9.47 Å². The van der Waals surface area contributed by atoms with Crippen molar-refractivity contribution in [2.45, 2.75) is 51.7 Å². The van der Waals surface area contributed by atoms with Gasteiger partial charge in [-0.05, 0) is 67.1 Å². The van der Waals surface area contributed by atoms with Crippen molar-refractivity contribution >= 4 is 28.0 Å². The highest BCUT2D eigenvalue weighted by molar-refractivity contribution is 9.10. The molecule has 1 fully saturated rings. The summed E-state index contributed by atoms with van der Waals surface area (Å²) < 4.78 is 11.6. The third-order valence-electron chi connectivity index (χ3n) is 6.12. The lowest BCUT2D eigenvalue weighted by atomic mass is 9.73. The first-order valence-corrected chi connectivity index (χ1v) is 11.4. The predicted molar refractivity (Wildman–Crippen MR) is 122 cm³/mol. The number of carbonyl (C=O) groups excluding carboxylic acids is 1. The lowest BCUT2D eigenvalue weighted by Gasteiger charge is -2.43. The zero-order valence-electron chi connectivity index (χ0n) is 18.4. The van der Waals surface area contributed by atoms with E-state index in [0.29, 0.717) is 11.8 Å². The van der Waals surface area contributed by atoms with Gasteiger partial charge < -0.3 is 19.7 Å². The summed E-state index contributed by atoms with van der Waals surface area (Å²) in [5.74, 6) is 1.20. The number of aromatic nitrogens is 2. The number of amides is 1. The van der Waals surface area contributed by atoms with E-state index in [9.17, 15) is 4.79 Å². The first kappa shape index (κ1) is 21.9. The van der Waals surface area contributed by atoms with Crippen molar-refractivity contribution in [2.24, 2.45) is 5.41 Å². The summed E-state index contributed by atoms with van der Waals surface area (Å²) in [5.41, 5.74) is 1.93. The molecule has 1 spiro atoms. The molecule has 0 unspecified atom stereocenters. The van der Waals surface area contributed by atoms with Crippen LogP contribution in [0.3, 0.4) is 0 Å². The van der Waals surface area contributed by atoms with Gasteiger partial charge in [0.1, 0.15) is 5.60 Å². The van der Waals surface area contributed by atoms with Crippen LogP contribution in [0.15, 0.2) is 34.9 Å². The molecule has 2 aliphatic rings. The van der Waals surface area contributed by atoms with Gasteiger partial charge in [0, 0.05) is 18.5 Å². The van der Waals surface area contributed by atoms with Gasteiger partial charge in [-0.2, -0.15) is 4.98 Å². The second kappa shape index (κ2) is 8.30. The summed E-state index contributed by atoms with van der Waals surface area (Å²) in [7, 11) is 1.60. The number of rotatable bonds is 3. The van der Waals surface area contributed by atoms with Crippen LogP contribution in [0.1, 0.15) is 50.8 Å². The van der Waals surface area contributed by atoms with E-state index in [1.165, 1.54) is 11.1 Å². The van der Waals surface area contributed by atoms with E-state index in [2.05, 4.69) is 54.3 Å². The SMILES string of the molecule is COc1nc(N2CCC3(CC2)Cc2ccccc2[C@H]3NC(=O)OC(C)(C)C)ncc1Br. The molecule has 166 valence electrons. The Bertz CT molecular complexity index is 968. The summed E-state index contributed by atoms with van der Waals surface area (Å²) >= 11 is 3.41. The highest BCUT2D eigenvalue weighted by Gasteiger charge is 2.48. The first-order valence-electron chi connectivity index (χ1n) is 10.6. The molecule has 4 rings (SSSR count). The third kappa shape index (κ3) is 4.49. The third-order valence-corrected chi connectivity index (χ3v) is 6.66. The lowest BCUT2D eigenvalue weighted by molar-refractivity contribution is 0.0428. The number of anilines is 1. The van der Waals surface area contributed by atoms with Crippen molar-refractivity contribution < 1.29 is 14.3 Å². The fourth-order valence-corrected chi connectivity index (χ4v) is 5.05. The van der Waals surface area contributed by atoms with Crippen molar-refractivity contribution in [1.82, 2.24) is 15.3 Å². The smallest absolute Gasteiger partial charge is 0.408 e. The quantitative estimate of drug-likeness (QED) is 0.676. The van der Waals surface area contributed by atoms with Crippen molar-refractivity contribution in [2.75, 3.05) is 25.1 Å². The number of methoxy groups -OCH3 is 1. The molecule has 31 heavy (non-hydrogen) atoms. The van der Waals surface area contributed by atoms with E-state index in [0.717, 1.165) is 36.8 Å². The van der Waals surface area contributed by atoms with Gasteiger partial charge in [0.2, 0.25) is 11.8 Å². The number of benzene rings is 1. The second-order valence-corrected chi connectivity index (χ2v) is 10.2. The van der Waals surface area contributed by atoms with Crippen LogP contribution in [0.2, 0.25) is 0 Å². The molecule has 1 aromatic carbocycles. The number of nitrogens with one attached hydrogen (secondary N) is 1. The van der Waals surface area contributed by atoms with Crippen molar-refractivity contribution in [3.05, 3.63) is 46.1 Å². The van der Waals surface area contributed by atoms with Crippen LogP contribution in [0.4, 0.5) is 10.7 Å². The van der Waals surface area contributed by atoms with E-state index in [1.54, 1.807) is 13.3 Å². The Kier molecular flexibility index (Phi) is 5.85. The maximum atomic E-state index is 12.7. The summed E-state index contributed by atoms with van der Waals surface area (Å²) in [6.07, 6.45) is 4.15. The number of nitrogens with zero attached hydrogens (tertiary/aromatic N) is 3. The molecule has 1 aliphatic carbocycles. The van der Waals surface area contributed by atoms with E-state index in [-0.39, 0.29) is 17.6 Å². The predicted octanol–water partition coefficient (Wildman–Crippen LogP) is 4.66. The zero-order valence-corrected chi connectivity index (χ0v) is 20.0. The van der Waals surface area contributed by atoms with Gasteiger partial charge in [-0.15, -0.1) is 0 Å². The average Bonchev–Trinajstić information content (AvgIpc) is 3.00. The topological polar surface area (TPSA) is 76.6 Å². The number of fused-ring (bicyclic) bond motifs is 1. The zero-order chi connectivity index (χ0) is 22.2. The van der Waals surface area contributed by atoms with Crippen LogP contribution >= 0.6 is 15.9 Å². The molecule has 1 amide bonds. The van der Waals surface area contributed by atoms with Crippen LogP contribution in [0.5, 0.6) is 5.88 Å². The number of ether oxygens (including phenoxy) is 2. The average molecular weight is 489 g/mol. The Balaban J connectivity index is 1.54. The standard InChI is InChI=1S/C23H29BrN4O3/c1-22(2,3)31-21(29)26-18-16-8-6-5-7-15(16)13-23(18)9-11-28(12-10-23)20-25-14-17(24)19(27-20)30-4/h5-8,14,18H,9-13H2,1-4H3,(H,26,29)/t18-/m1/s1. The van der Waals surface area contributed by atoms with Crippen LogP contribution in [-0.2, 0) is 11.2 Å². The van der Waals surface area contributed by atoms with E-state index >= 15 is 0 Å².